The molecule has 26 heavy (non-hydrogen) atoms. The van der Waals surface area contributed by atoms with E-state index in [4.69, 9.17) is 10.00 Å². The van der Waals surface area contributed by atoms with E-state index in [2.05, 4.69) is 5.10 Å². The molecule has 1 fully saturated rings. The number of halogens is 1. The fraction of sp³-hybridized carbons (Fsp3) is 0.421. The fourth-order valence-corrected chi connectivity index (χ4v) is 2.86. The molecular formula is C19H21FN4O2. The van der Waals surface area contributed by atoms with Crippen LogP contribution in [0, 0.1) is 23.1 Å². The number of hydrogen-bond donors (Lipinski definition) is 0. The molecule has 1 aromatic carbocycles. The first kappa shape index (κ1) is 17.9. The van der Waals surface area contributed by atoms with Crippen molar-refractivity contribution >= 4 is 6.09 Å². The molecule has 0 radical (unpaired) electrons. The number of rotatable bonds is 3. The largest absolute Gasteiger partial charge is 0.444 e. The van der Waals surface area contributed by atoms with Crippen molar-refractivity contribution in [3.05, 3.63) is 42.0 Å². The van der Waals surface area contributed by atoms with Crippen LogP contribution in [0.5, 0.6) is 0 Å². The second-order valence-electron chi connectivity index (χ2n) is 7.54. The molecule has 1 aromatic heterocycles. The SMILES string of the molecule is CC(C)(C)OC(=O)N1CC(Cn2cc(-c3cc(F)cc(C#N)c3)cn2)C1. The third kappa shape index (κ3) is 4.20. The number of carbonyl (C=O) groups excluding carboxylic acids is 1. The maximum Gasteiger partial charge on any atom is 0.410 e. The summed E-state index contributed by atoms with van der Waals surface area (Å²) in [5, 5.41) is 13.3. The fourth-order valence-electron chi connectivity index (χ4n) is 2.86. The molecule has 136 valence electrons. The molecule has 7 heteroatoms. The monoisotopic (exact) mass is 356 g/mol. The maximum atomic E-state index is 13.6. The van der Waals surface area contributed by atoms with E-state index in [1.54, 1.807) is 21.8 Å². The Balaban J connectivity index is 1.58. The van der Waals surface area contributed by atoms with Crippen LogP contribution in [0.25, 0.3) is 11.1 Å². The van der Waals surface area contributed by atoms with E-state index in [9.17, 15) is 9.18 Å². The number of carbonyl (C=O) groups is 1. The number of hydrogen-bond acceptors (Lipinski definition) is 4. The summed E-state index contributed by atoms with van der Waals surface area (Å²) in [7, 11) is 0. The van der Waals surface area contributed by atoms with E-state index < -0.39 is 11.4 Å². The van der Waals surface area contributed by atoms with Crippen molar-refractivity contribution in [2.75, 3.05) is 13.1 Å². The Morgan fingerprint density at radius 2 is 2.08 bits per heavy atom. The van der Waals surface area contributed by atoms with Crippen molar-refractivity contribution in [1.29, 1.82) is 5.26 Å². The predicted octanol–water partition coefficient (Wildman–Crippen LogP) is 3.43. The lowest BCUT2D eigenvalue weighted by Crippen LogP contribution is -2.52. The second kappa shape index (κ2) is 6.79. The third-order valence-electron chi connectivity index (χ3n) is 4.05. The summed E-state index contributed by atoms with van der Waals surface area (Å²) in [5.74, 6) is -0.142. The minimum Gasteiger partial charge on any atom is -0.444 e. The van der Waals surface area contributed by atoms with Crippen LogP contribution in [0.15, 0.2) is 30.6 Å². The van der Waals surface area contributed by atoms with Gasteiger partial charge in [-0.1, -0.05) is 0 Å². The van der Waals surface area contributed by atoms with E-state index in [-0.39, 0.29) is 11.7 Å². The standard InChI is InChI=1S/C19H21FN4O2/c1-19(2,3)26-18(25)23-9-14(10-23)11-24-12-16(8-22-24)15-4-13(7-21)5-17(20)6-15/h4-6,8,12,14H,9-11H2,1-3H3. The Bertz CT molecular complexity index is 857. The molecule has 0 aliphatic carbocycles. The summed E-state index contributed by atoms with van der Waals surface area (Å²) < 4.78 is 20.7. The molecular weight excluding hydrogens is 335 g/mol. The van der Waals surface area contributed by atoms with Gasteiger partial charge >= 0.3 is 6.09 Å². The van der Waals surface area contributed by atoms with Crippen molar-refractivity contribution in [3.8, 4) is 17.2 Å². The van der Waals surface area contributed by atoms with Gasteiger partial charge in [0.2, 0.25) is 0 Å². The van der Waals surface area contributed by atoms with Crippen molar-refractivity contribution in [1.82, 2.24) is 14.7 Å². The molecule has 1 saturated heterocycles. The van der Waals surface area contributed by atoms with Crippen LogP contribution in [0.4, 0.5) is 9.18 Å². The van der Waals surface area contributed by atoms with Crippen molar-refractivity contribution in [2.45, 2.75) is 32.9 Å². The Hall–Kier alpha value is -2.88. The van der Waals surface area contributed by atoms with Crippen LogP contribution < -0.4 is 0 Å². The molecule has 1 aliphatic heterocycles. The van der Waals surface area contributed by atoms with Gasteiger partial charge < -0.3 is 9.64 Å². The summed E-state index contributed by atoms with van der Waals surface area (Å²) in [6.45, 7) is 7.46. The highest BCUT2D eigenvalue weighted by atomic mass is 19.1. The average Bonchev–Trinajstić information content (AvgIpc) is 2.96. The summed E-state index contributed by atoms with van der Waals surface area (Å²) in [6.07, 6.45) is 3.19. The number of aromatic nitrogens is 2. The highest BCUT2D eigenvalue weighted by molar-refractivity contribution is 5.69. The molecule has 0 spiro atoms. The first-order valence-electron chi connectivity index (χ1n) is 8.45. The lowest BCUT2D eigenvalue weighted by Gasteiger charge is -2.39. The summed E-state index contributed by atoms with van der Waals surface area (Å²) in [4.78, 5) is 13.6. The van der Waals surface area contributed by atoms with Gasteiger partial charge in [0.25, 0.3) is 0 Å². The van der Waals surface area contributed by atoms with Crippen LogP contribution in [0.1, 0.15) is 26.3 Å². The lowest BCUT2D eigenvalue weighted by atomic mass is 10.0. The van der Waals surface area contributed by atoms with Crippen molar-refractivity contribution in [2.24, 2.45) is 5.92 Å². The van der Waals surface area contributed by atoms with Gasteiger partial charge in [0.05, 0.1) is 17.8 Å². The van der Waals surface area contributed by atoms with E-state index in [1.807, 2.05) is 33.0 Å². The average molecular weight is 356 g/mol. The summed E-state index contributed by atoms with van der Waals surface area (Å²) in [6, 6.07) is 6.17. The number of amides is 1. The van der Waals surface area contributed by atoms with Gasteiger partial charge in [-0.05, 0) is 44.5 Å². The molecule has 1 amide bonds. The van der Waals surface area contributed by atoms with Crippen LogP contribution in [-0.4, -0.2) is 39.5 Å². The van der Waals surface area contributed by atoms with Gasteiger partial charge in [-0.3, -0.25) is 4.68 Å². The molecule has 0 unspecified atom stereocenters. The third-order valence-corrected chi connectivity index (χ3v) is 4.05. The van der Waals surface area contributed by atoms with E-state index in [0.29, 0.717) is 31.1 Å². The zero-order chi connectivity index (χ0) is 18.9. The molecule has 0 bridgehead atoms. The van der Waals surface area contributed by atoms with Crippen LogP contribution in [0.3, 0.4) is 0 Å². The lowest BCUT2D eigenvalue weighted by molar-refractivity contribution is -0.00383. The second-order valence-corrected chi connectivity index (χ2v) is 7.54. The topological polar surface area (TPSA) is 71.2 Å². The van der Waals surface area contributed by atoms with Gasteiger partial charge in [0.15, 0.2) is 0 Å². The van der Waals surface area contributed by atoms with E-state index in [1.165, 1.54) is 12.1 Å². The molecule has 6 nitrogen and oxygen atoms in total. The first-order valence-corrected chi connectivity index (χ1v) is 8.45. The first-order chi connectivity index (χ1) is 12.2. The summed E-state index contributed by atoms with van der Waals surface area (Å²) in [5.41, 5.74) is 1.16. The molecule has 2 aromatic rings. The van der Waals surface area contributed by atoms with Gasteiger partial charge in [-0.15, -0.1) is 0 Å². The highest BCUT2D eigenvalue weighted by Gasteiger charge is 2.33. The Morgan fingerprint density at radius 1 is 1.35 bits per heavy atom. The Kier molecular flexibility index (Phi) is 4.68. The van der Waals surface area contributed by atoms with Gasteiger partial charge in [0, 0.05) is 37.3 Å². The minimum absolute atomic E-state index is 0.278. The molecule has 0 saturated carbocycles. The van der Waals surface area contributed by atoms with Crippen LogP contribution in [0.2, 0.25) is 0 Å². The smallest absolute Gasteiger partial charge is 0.410 e. The molecule has 0 N–H and O–H groups in total. The van der Waals surface area contributed by atoms with E-state index >= 15 is 0 Å². The van der Waals surface area contributed by atoms with Crippen molar-refractivity contribution in [3.63, 3.8) is 0 Å². The van der Waals surface area contributed by atoms with Crippen LogP contribution in [-0.2, 0) is 11.3 Å². The van der Waals surface area contributed by atoms with Crippen LogP contribution >= 0.6 is 0 Å². The number of likely N-dealkylation sites (tertiary alicyclic amines) is 1. The number of nitriles is 1. The van der Waals surface area contributed by atoms with Gasteiger partial charge in [-0.25, -0.2) is 9.18 Å². The Morgan fingerprint density at radius 3 is 2.73 bits per heavy atom. The zero-order valence-corrected chi connectivity index (χ0v) is 15.1. The predicted molar refractivity (Wildman–Crippen MR) is 93.6 cm³/mol. The van der Waals surface area contributed by atoms with Crippen molar-refractivity contribution < 1.29 is 13.9 Å². The quantitative estimate of drug-likeness (QED) is 0.845. The number of nitrogens with zero attached hydrogens (tertiary/aromatic N) is 4. The highest BCUT2D eigenvalue weighted by Crippen LogP contribution is 2.24. The number of benzene rings is 1. The zero-order valence-electron chi connectivity index (χ0n) is 15.1. The molecule has 2 heterocycles. The molecule has 1 aliphatic rings. The number of ether oxygens (including phenoxy) is 1. The minimum atomic E-state index is -0.494. The normalized spacial score (nSPS) is 14.7. The Labute approximate surface area is 151 Å². The van der Waals surface area contributed by atoms with Gasteiger partial charge in [-0.2, -0.15) is 10.4 Å². The van der Waals surface area contributed by atoms with Gasteiger partial charge in [0.1, 0.15) is 11.4 Å². The molecule has 0 atom stereocenters. The van der Waals surface area contributed by atoms with E-state index in [0.717, 1.165) is 5.56 Å². The summed E-state index contributed by atoms with van der Waals surface area (Å²) >= 11 is 0. The maximum absolute atomic E-state index is 13.6. The molecule has 3 rings (SSSR count).